The lowest BCUT2D eigenvalue weighted by molar-refractivity contribution is -0.141. The average molecular weight is 214 g/mol. The zero-order valence-electron chi connectivity index (χ0n) is 10.2. The number of ketones is 1. The van der Waals surface area contributed by atoms with E-state index in [2.05, 4.69) is 13.8 Å². The fraction of sp³-hybridized carbons (Fsp3) is 0.833. The zero-order chi connectivity index (χ0) is 11.8. The van der Waals surface area contributed by atoms with Gasteiger partial charge in [0.2, 0.25) is 0 Å². The molecule has 0 radical (unpaired) electrons. The second-order valence-electron chi connectivity index (χ2n) is 4.37. The van der Waals surface area contributed by atoms with E-state index in [0.717, 1.165) is 12.8 Å². The van der Waals surface area contributed by atoms with Gasteiger partial charge in [-0.3, -0.25) is 4.79 Å². The van der Waals surface area contributed by atoms with Gasteiger partial charge in [0, 0.05) is 13.3 Å². The summed E-state index contributed by atoms with van der Waals surface area (Å²) in [6, 6.07) is 0. The van der Waals surface area contributed by atoms with Gasteiger partial charge in [-0.2, -0.15) is 0 Å². The summed E-state index contributed by atoms with van der Waals surface area (Å²) in [5, 5.41) is 0. The molecule has 0 aromatic rings. The molecule has 0 saturated heterocycles. The van der Waals surface area contributed by atoms with Crippen molar-refractivity contribution >= 4 is 11.8 Å². The molecule has 88 valence electrons. The molecule has 0 unspecified atom stereocenters. The van der Waals surface area contributed by atoms with Crippen molar-refractivity contribution in [1.82, 2.24) is 0 Å². The Morgan fingerprint density at radius 1 is 1.13 bits per heavy atom. The highest BCUT2D eigenvalue weighted by atomic mass is 16.5. The van der Waals surface area contributed by atoms with Crippen LogP contribution in [-0.2, 0) is 14.3 Å². The Morgan fingerprint density at radius 2 is 1.73 bits per heavy atom. The van der Waals surface area contributed by atoms with Gasteiger partial charge in [0.25, 0.3) is 0 Å². The fourth-order valence-corrected chi connectivity index (χ4v) is 1.55. The predicted octanol–water partition coefficient (Wildman–Crippen LogP) is 2.58. The molecule has 0 saturated carbocycles. The Balaban J connectivity index is 3.83. The van der Waals surface area contributed by atoms with E-state index in [4.69, 9.17) is 4.74 Å². The first-order chi connectivity index (χ1) is 6.93. The molecule has 0 fully saturated rings. The summed E-state index contributed by atoms with van der Waals surface area (Å²) in [5.74, 6) is 0.991. The number of carbonyl (C=O) groups excluding carboxylic acids is 2. The van der Waals surface area contributed by atoms with Crippen LogP contribution < -0.4 is 0 Å². The number of hydrogen-bond donors (Lipinski definition) is 0. The molecular formula is C12H22O3. The lowest BCUT2D eigenvalue weighted by Gasteiger charge is -2.19. The normalized spacial score (nSPS) is 12.6. The first-order valence-corrected chi connectivity index (χ1v) is 5.56. The van der Waals surface area contributed by atoms with E-state index in [1.54, 1.807) is 6.92 Å². The molecule has 3 heteroatoms. The summed E-state index contributed by atoms with van der Waals surface area (Å²) in [5.41, 5.74) is 0. The molecule has 0 rings (SSSR count). The van der Waals surface area contributed by atoms with Crippen molar-refractivity contribution in [3.05, 3.63) is 0 Å². The van der Waals surface area contributed by atoms with Crippen LogP contribution in [0.15, 0.2) is 0 Å². The van der Waals surface area contributed by atoms with Crippen molar-refractivity contribution in [2.75, 3.05) is 6.61 Å². The highest BCUT2D eigenvalue weighted by Gasteiger charge is 2.14. The Hall–Kier alpha value is -0.860. The Morgan fingerprint density at radius 3 is 2.13 bits per heavy atom. The van der Waals surface area contributed by atoms with Crippen molar-refractivity contribution in [2.45, 2.75) is 47.0 Å². The maximum absolute atomic E-state index is 10.9. The molecule has 0 aliphatic rings. The number of hydrogen-bond acceptors (Lipinski definition) is 3. The van der Waals surface area contributed by atoms with E-state index < -0.39 is 0 Å². The summed E-state index contributed by atoms with van der Waals surface area (Å²) < 4.78 is 4.91. The molecule has 3 nitrogen and oxygen atoms in total. The standard InChI is InChI=1S/C12H22O3/c1-9(2)12(6-5-10(3)13)7-8-15-11(4)14/h9,12H,5-8H2,1-4H3/t12-/m1/s1. The van der Waals surface area contributed by atoms with E-state index in [-0.39, 0.29) is 11.8 Å². The van der Waals surface area contributed by atoms with E-state index in [9.17, 15) is 9.59 Å². The number of Topliss-reactive ketones (excluding diaryl/α,β-unsaturated/α-hetero) is 1. The van der Waals surface area contributed by atoms with E-state index in [1.807, 2.05) is 0 Å². The molecule has 0 aromatic heterocycles. The molecule has 0 aromatic carbocycles. The van der Waals surface area contributed by atoms with E-state index in [0.29, 0.717) is 24.9 Å². The monoisotopic (exact) mass is 214 g/mol. The van der Waals surface area contributed by atoms with Crippen LogP contribution >= 0.6 is 0 Å². The highest BCUT2D eigenvalue weighted by molar-refractivity contribution is 5.75. The second-order valence-corrected chi connectivity index (χ2v) is 4.37. The van der Waals surface area contributed by atoms with Crippen LogP contribution in [0.2, 0.25) is 0 Å². The third kappa shape index (κ3) is 8.16. The summed E-state index contributed by atoms with van der Waals surface area (Å²) in [7, 11) is 0. The van der Waals surface area contributed by atoms with Crippen molar-refractivity contribution in [3.63, 3.8) is 0 Å². The summed E-state index contributed by atoms with van der Waals surface area (Å²) in [6.07, 6.45) is 2.38. The number of ether oxygens (including phenoxy) is 1. The summed E-state index contributed by atoms with van der Waals surface area (Å²) in [4.78, 5) is 21.5. The quantitative estimate of drug-likeness (QED) is 0.612. The van der Waals surface area contributed by atoms with Gasteiger partial charge in [-0.15, -0.1) is 0 Å². The van der Waals surface area contributed by atoms with Crippen molar-refractivity contribution in [2.24, 2.45) is 11.8 Å². The maximum Gasteiger partial charge on any atom is 0.302 e. The van der Waals surface area contributed by atoms with Crippen LogP contribution in [0, 0.1) is 11.8 Å². The molecule has 0 heterocycles. The minimum Gasteiger partial charge on any atom is -0.466 e. The first-order valence-electron chi connectivity index (χ1n) is 5.56. The molecule has 0 amide bonds. The Kier molecular flexibility index (Phi) is 7.01. The molecule has 0 aliphatic heterocycles. The topological polar surface area (TPSA) is 43.4 Å². The Bertz CT molecular complexity index is 209. The smallest absolute Gasteiger partial charge is 0.302 e. The van der Waals surface area contributed by atoms with Crippen LogP contribution in [0.5, 0.6) is 0 Å². The van der Waals surface area contributed by atoms with Gasteiger partial charge in [-0.05, 0) is 31.6 Å². The van der Waals surface area contributed by atoms with Crippen molar-refractivity contribution in [1.29, 1.82) is 0 Å². The lowest BCUT2D eigenvalue weighted by Crippen LogP contribution is -2.14. The minimum absolute atomic E-state index is 0.230. The van der Waals surface area contributed by atoms with Gasteiger partial charge in [-0.25, -0.2) is 0 Å². The molecule has 0 spiro atoms. The van der Waals surface area contributed by atoms with Crippen LogP contribution in [0.1, 0.15) is 47.0 Å². The van der Waals surface area contributed by atoms with Gasteiger partial charge in [-0.1, -0.05) is 13.8 Å². The zero-order valence-corrected chi connectivity index (χ0v) is 10.2. The van der Waals surface area contributed by atoms with Crippen LogP contribution in [0.3, 0.4) is 0 Å². The van der Waals surface area contributed by atoms with E-state index in [1.165, 1.54) is 6.92 Å². The number of carbonyl (C=O) groups is 2. The van der Waals surface area contributed by atoms with Crippen LogP contribution in [-0.4, -0.2) is 18.4 Å². The molecular weight excluding hydrogens is 192 g/mol. The molecule has 0 aliphatic carbocycles. The lowest BCUT2D eigenvalue weighted by atomic mass is 9.88. The summed E-state index contributed by atoms with van der Waals surface area (Å²) >= 11 is 0. The second kappa shape index (κ2) is 7.43. The van der Waals surface area contributed by atoms with Gasteiger partial charge in [0.15, 0.2) is 0 Å². The van der Waals surface area contributed by atoms with Gasteiger partial charge in [0.05, 0.1) is 6.61 Å². The third-order valence-electron chi connectivity index (χ3n) is 2.60. The summed E-state index contributed by atoms with van der Waals surface area (Å²) in [6.45, 7) is 7.77. The molecule has 1 atom stereocenters. The maximum atomic E-state index is 10.9. The first kappa shape index (κ1) is 14.1. The molecule has 0 N–H and O–H groups in total. The highest BCUT2D eigenvalue weighted by Crippen LogP contribution is 2.21. The van der Waals surface area contributed by atoms with Gasteiger partial charge in [0.1, 0.15) is 5.78 Å². The van der Waals surface area contributed by atoms with Gasteiger partial charge < -0.3 is 9.53 Å². The van der Waals surface area contributed by atoms with Crippen LogP contribution in [0.25, 0.3) is 0 Å². The van der Waals surface area contributed by atoms with E-state index >= 15 is 0 Å². The predicted molar refractivity (Wildman–Crippen MR) is 59.5 cm³/mol. The minimum atomic E-state index is -0.232. The van der Waals surface area contributed by atoms with Crippen LogP contribution in [0.4, 0.5) is 0 Å². The van der Waals surface area contributed by atoms with Crippen molar-refractivity contribution < 1.29 is 14.3 Å². The van der Waals surface area contributed by atoms with Gasteiger partial charge >= 0.3 is 5.97 Å². The SMILES string of the molecule is CC(=O)CC[C@H](CCOC(C)=O)C(C)C. The fourth-order valence-electron chi connectivity index (χ4n) is 1.55. The Labute approximate surface area is 92.2 Å². The third-order valence-corrected chi connectivity index (χ3v) is 2.60. The van der Waals surface area contributed by atoms with Crippen molar-refractivity contribution in [3.8, 4) is 0 Å². The average Bonchev–Trinajstić information content (AvgIpc) is 2.09. The molecule has 15 heavy (non-hydrogen) atoms. The largest absolute Gasteiger partial charge is 0.466 e. The number of esters is 1. The molecule has 0 bridgehead atoms. The number of rotatable bonds is 7.